The van der Waals surface area contributed by atoms with Gasteiger partial charge in [-0.15, -0.1) is 0 Å². The van der Waals surface area contributed by atoms with Crippen molar-refractivity contribution in [2.45, 2.75) is 13.0 Å². The van der Waals surface area contributed by atoms with Crippen molar-refractivity contribution >= 4 is 11.6 Å². The summed E-state index contributed by atoms with van der Waals surface area (Å²) in [5.41, 5.74) is 7.27. The van der Waals surface area contributed by atoms with Crippen LogP contribution in [0.1, 0.15) is 11.1 Å². The Kier molecular flexibility index (Phi) is 5.42. The maximum atomic E-state index is 13.6. The normalized spacial score (nSPS) is 10.5. The quantitative estimate of drug-likeness (QED) is 0.887. The SMILES string of the molecule is COc1ccc(COc2ccc(CCN)cc2Cl)cc1F. The first-order valence-corrected chi connectivity index (χ1v) is 6.95. The molecule has 0 heterocycles. The van der Waals surface area contributed by atoms with E-state index in [1.165, 1.54) is 13.2 Å². The summed E-state index contributed by atoms with van der Waals surface area (Å²) in [6.07, 6.45) is 0.768. The predicted molar refractivity (Wildman–Crippen MR) is 81.5 cm³/mol. The molecule has 2 rings (SSSR count). The molecular formula is C16H17ClFNO2. The summed E-state index contributed by atoms with van der Waals surface area (Å²) in [6.45, 7) is 0.804. The summed E-state index contributed by atoms with van der Waals surface area (Å²) >= 11 is 6.15. The monoisotopic (exact) mass is 309 g/mol. The van der Waals surface area contributed by atoms with Gasteiger partial charge in [-0.1, -0.05) is 23.7 Å². The van der Waals surface area contributed by atoms with Crippen molar-refractivity contribution in [3.05, 3.63) is 58.4 Å². The van der Waals surface area contributed by atoms with E-state index in [9.17, 15) is 4.39 Å². The lowest BCUT2D eigenvalue weighted by Gasteiger charge is -2.10. The Morgan fingerprint density at radius 1 is 1.10 bits per heavy atom. The highest BCUT2D eigenvalue weighted by Crippen LogP contribution is 2.27. The number of nitrogens with two attached hydrogens (primary N) is 1. The van der Waals surface area contributed by atoms with Gasteiger partial charge in [0.1, 0.15) is 12.4 Å². The highest BCUT2D eigenvalue weighted by Gasteiger charge is 2.06. The fourth-order valence-corrected chi connectivity index (χ4v) is 2.20. The molecule has 0 saturated heterocycles. The molecule has 0 bridgehead atoms. The zero-order chi connectivity index (χ0) is 15.2. The Bertz CT molecular complexity index is 619. The topological polar surface area (TPSA) is 44.5 Å². The lowest BCUT2D eigenvalue weighted by molar-refractivity contribution is 0.305. The first kappa shape index (κ1) is 15.6. The Labute approximate surface area is 128 Å². The third-order valence-electron chi connectivity index (χ3n) is 3.04. The zero-order valence-electron chi connectivity index (χ0n) is 11.7. The first-order valence-electron chi connectivity index (χ1n) is 6.57. The minimum atomic E-state index is -0.414. The molecule has 0 unspecified atom stereocenters. The van der Waals surface area contributed by atoms with Crippen LogP contribution in [0, 0.1) is 5.82 Å². The number of ether oxygens (including phenoxy) is 2. The van der Waals surface area contributed by atoms with Gasteiger partial charge >= 0.3 is 0 Å². The molecule has 0 amide bonds. The van der Waals surface area contributed by atoms with Gasteiger partial charge in [-0.3, -0.25) is 0 Å². The second-order valence-electron chi connectivity index (χ2n) is 4.56. The molecule has 112 valence electrons. The average molecular weight is 310 g/mol. The van der Waals surface area contributed by atoms with Gasteiger partial charge in [0.25, 0.3) is 0 Å². The van der Waals surface area contributed by atoms with Crippen LogP contribution < -0.4 is 15.2 Å². The molecule has 2 aromatic carbocycles. The Balaban J connectivity index is 2.04. The summed E-state index contributed by atoms with van der Waals surface area (Å²) in [5, 5.41) is 0.523. The standard InChI is InChI=1S/C16H17ClFNO2/c1-20-16-5-3-12(9-14(16)18)10-21-15-4-2-11(6-7-19)8-13(15)17/h2-5,8-9H,6-7,10,19H2,1H3. The van der Waals surface area contributed by atoms with Gasteiger partial charge < -0.3 is 15.2 Å². The van der Waals surface area contributed by atoms with E-state index in [0.29, 0.717) is 22.9 Å². The Morgan fingerprint density at radius 2 is 1.81 bits per heavy atom. The van der Waals surface area contributed by atoms with Crippen LogP contribution in [0.25, 0.3) is 0 Å². The fraction of sp³-hybridized carbons (Fsp3) is 0.250. The molecule has 0 aliphatic rings. The van der Waals surface area contributed by atoms with Crippen molar-refractivity contribution in [2.75, 3.05) is 13.7 Å². The van der Waals surface area contributed by atoms with E-state index in [0.717, 1.165) is 12.0 Å². The van der Waals surface area contributed by atoms with E-state index in [4.69, 9.17) is 26.8 Å². The lowest BCUT2D eigenvalue weighted by Crippen LogP contribution is -2.03. The van der Waals surface area contributed by atoms with Gasteiger partial charge in [0, 0.05) is 0 Å². The van der Waals surface area contributed by atoms with E-state index >= 15 is 0 Å². The molecule has 0 spiro atoms. The zero-order valence-corrected chi connectivity index (χ0v) is 12.5. The average Bonchev–Trinajstić information content (AvgIpc) is 2.47. The third-order valence-corrected chi connectivity index (χ3v) is 3.34. The number of rotatable bonds is 6. The first-order chi connectivity index (χ1) is 10.1. The Hall–Kier alpha value is -1.78. The van der Waals surface area contributed by atoms with E-state index in [1.807, 2.05) is 12.1 Å². The van der Waals surface area contributed by atoms with Crippen molar-refractivity contribution < 1.29 is 13.9 Å². The molecule has 5 heteroatoms. The van der Waals surface area contributed by atoms with Crippen molar-refractivity contribution in [1.29, 1.82) is 0 Å². The molecule has 21 heavy (non-hydrogen) atoms. The lowest BCUT2D eigenvalue weighted by atomic mass is 10.1. The highest BCUT2D eigenvalue weighted by atomic mass is 35.5. The smallest absolute Gasteiger partial charge is 0.165 e. The van der Waals surface area contributed by atoms with Crippen LogP contribution in [0.4, 0.5) is 4.39 Å². The summed E-state index contributed by atoms with van der Waals surface area (Å²) in [4.78, 5) is 0. The third kappa shape index (κ3) is 4.09. The molecule has 0 atom stereocenters. The molecule has 0 saturated carbocycles. The van der Waals surface area contributed by atoms with Crippen LogP contribution in [0.2, 0.25) is 5.02 Å². The molecular weight excluding hydrogens is 293 g/mol. The van der Waals surface area contributed by atoms with Gasteiger partial charge in [0.05, 0.1) is 12.1 Å². The largest absolute Gasteiger partial charge is 0.494 e. The summed E-state index contributed by atoms with van der Waals surface area (Å²) in [6, 6.07) is 10.3. The fourth-order valence-electron chi connectivity index (χ4n) is 1.94. The number of hydrogen-bond acceptors (Lipinski definition) is 3. The molecule has 0 aliphatic heterocycles. The summed E-state index contributed by atoms with van der Waals surface area (Å²) < 4.78 is 24.1. The minimum absolute atomic E-state index is 0.211. The predicted octanol–water partition coefficient (Wildman–Crippen LogP) is 3.57. The molecule has 3 nitrogen and oxygen atoms in total. The molecule has 0 aliphatic carbocycles. The van der Waals surface area contributed by atoms with Crippen LogP contribution in [0.15, 0.2) is 36.4 Å². The van der Waals surface area contributed by atoms with E-state index < -0.39 is 5.82 Å². The van der Waals surface area contributed by atoms with Crippen molar-refractivity contribution in [3.63, 3.8) is 0 Å². The number of halogens is 2. The minimum Gasteiger partial charge on any atom is -0.494 e. The van der Waals surface area contributed by atoms with Gasteiger partial charge in [0.2, 0.25) is 0 Å². The van der Waals surface area contributed by atoms with Gasteiger partial charge in [-0.2, -0.15) is 0 Å². The van der Waals surface area contributed by atoms with E-state index in [-0.39, 0.29) is 12.4 Å². The van der Waals surface area contributed by atoms with Crippen LogP contribution in [-0.2, 0) is 13.0 Å². The molecule has 0 aromatic heterocycles. The number of hydrogen-bond donors (Lipinski definition) is 1. The van der Waals surface area contributed by atoms with Gasteiger partial charge in [0.15, 0.2) is 11.6 Å². The van der Waals surface area contributed by atoms with Crippen molar-refractivity contribution in [3.8, 4) is 11.5 Å². The maximum absolute atomic E-state index is 13.6. The molecule has 2 N–H and O–H groups in total. The van der Waals surface area contributed by atoms with Crippen LogP contribution in [-0.4, -0.2) is 13.7 Å². The second-order valence-corrected chi connectivity index (χ2v) is 4.97. The van der Waals surface area contributed by atoms with Gasteiger partial charge in [-0.05, 0) is 48.4 Å². The summed E-state index contributed by atoms with van der Waals surface area (Å²) in [5.74, 6) is 0.361. The van der Waals surface area contributed by atoms with Crippen molar-refractivity contribution in [1.82, 2.24) is 0 Å². The van der Waals surface area contributed by atoms with Crippen molar-refractivity contribution in [2.24, 2.45) is 5.73 Å². The number of methoxy groups -OCH3 is 1. The highest BCUT2D eigenvalue weighted by molar-refractivity contribution is 6.32. The second kappa shape index (κ2) is 7.29. The summed E-state index contributed by atoms with van der Waals surface area (Å²) in [7, 11) is 1.43. The van der Waals surface area contributed by atoms with Crippen LogP contribution >= 0.6 is 11.6 Å². The number of benzene rings is 2. The molecule has 2 aromatic rings. The Morgan fingerprint density at radius 3 is 2.43 bits per heavy atom. The van der Waals surface area contributed by atoms with E-state index in [2.05, 4.69) is 0 Å². The van der Waals surface area contributed by atoms with Crippen LogP contribution in [0.5, 0.6) is 11.5 Å². The molecule has 0 fully saturated rings. The van der Waals surface area contributed by atoms with E-state index in [1.54, 1.807) is 18.2 Å². The van der Waals surface area contributed by atoms with Gasteiger partial charge in [-0.25, -0.2) is 4.39 Å². The van der Waals surface area contributed by atoms with Crippen LogP contribution in [0.3, 0.4) is 0 Å². The maximum Gasteiger partial charge on any atom is 0.165 e. The molecule has 0 radical (unpaired) electrons.